The molecule has 1 aliphatic heterocycles. The van der Waals surface area contributed by atoms with E-state index in [4.69, 9.17) is 11.6 Å². The van der Waals surface area contributed by atoms with Gasteiger partial charge in [-0.3, -0.25) is 14.5 Å². The van der Waals surface area contributed by atoms with Crippen molar-refractivity contribution in [1.29, 1.82) is 0 Å². The summed E-state index contributed by atoms with van der Waals surface area (Å²) in [4.78, 5) is 36.0. The molecule has 0 aromatic heterocycles. The van der Waals surface area contributed by atoms with Crippen LogP contribution in [-0.4, -0.2) is 36.3 Å². The Balaban J connectivity index is 1.97. The highest BCUT2D eigenvalue weighted by Crippen LogP contribution is 2.15. The molecule has 0 radical (unpaired) electrons. The van der Waals surface area contributed by atoms with Gasteiger partial charge in [0.15, 0.2) is 0 Å². The van der Waals surface area contributed by atoms with Crippen LogP contribution >= 0.6 is 11.6 Å². The van der Waals surface area contributed by atoms with Crippen LogP contribution in [0.2, 0.25) is 5.02 Å². The predicted octanol–water partition coefficient (Wildman–Crippen LogP) is 0.754. The zero-order valence-corrected chi connectivity index (χ0v) is 11.6. The van der Waals surface area contributed by atoms with Crippen LogP contribution < -0.4 is 10.6 Å². The van der Waals surface area contributed by atoms with Crippen molar-refractivity contribution in [1.82, 2.24) is 15.5 Å². The van der Waals surface area contributed by atoms with E-state index in [0.29, 0.717) is 5.02 Å². The molecule has 1 aliphatic rings. The summed E-state index contributed by atoms with van der Waals surface area (Å²) in [5.74, 6) is -1.84. The molecule has 20 heavy (non-hydrogen) atoms. The second-order valence-corrected chi connectivity index (χ2v) is 4.85. The summed E-state index contributed by atoms with van der Waals surface area (Å²) in [5.41, 5.74) is 0.767. The lowest BCUT2D eigenvalue weighted by atomic mass is 10.1. The Bertz CT molecular complexity index is 562. The molecule has 6 nitrogen and oxygen atoms in total. The normalized spacial score (nSPS) is 18.7. The van der Waals surface area contributed by atoms with Crippen molar-refractivity contribution in [2.75, 3.05) is 13.6 Å². The minimum Gasteiger partial charge on any atom is -0.351 e. The van der Waals surface area contributed by atoms with Gasteiger partial charge >= 0.3 is 6.03 Å². The van der Waals surface area contributed by atoms with Gasteiger partial charge in [0.1, 0.15) is 5.92 Å². The fourth-order valence-corrected chi connectivity index (χ4v) is 2.08. The molecule has 0 bridgehead atoms. The van der Waals surface area contributed by atoms with Gasteiger partial charge in [0.2, 0.25) is 11.8 Å². The highest BCUT2D eigenvalue weighted by molar-refractivity contribution is 6.31. The monoisotopic (exact) mass is 295 g/mol. The van der Waals surface area contributed by atoms with Gasteiger partial charge in [-0.25, -0.2) is 4.79 Å². The summed E-state index contributed by atoms with van der Waals surface area (Å²) in [6, 6.07) is 6.63. The van der Waals surface area contributed by atoms with E-state index in [1.54, 1.807) is 18.2 Å². The Hall–Kier alpha value is -2.08. The molecule has 1 unspecified atom stereocenters. The molecule has 7 heteroatoms. The fraction of sp³-hybridized carbons (Fsp3) is 0.308. The van der Waals surface area contributed by atoms with Crippen LogP contribution in [-0.2, 0) is 16.1 Å². The molecule has 0 saturated carbocycles. The predicted molar refractivity (Wildman–Crippen MR) is 73.0 cm³/mol. The van der Waals surface area contributed by atoms with E-state index in [-0.39, 0.29) is 13.1 Å². The summed E-state index contributed by atoms with van der Waals surface area (Å²) in [6.45, 7) is 0.246. The molecular weight excluding hydrogens is 282 g/mol. The molecule has 106 valence electrons. The number of nitrogens with zero attached hydrogens (tertiary/aromatic N) is 1. The lowest BCUT2D eigenvalue weighted by molar-refractivity contribution is -0.140. The number of imide groups is 1. The van der Waals surface area contributed by atoms with Crippen LogP contribution in [0.3, 0.4) is 0 Å². The Kier molecular flexibility index (Phi) is 4.24. The van der Waals surface area contributed by atoms with Crippen LogP contribution in [0.1, 0.15) is 5.56 Å². The number of hydrogen-bond acceptors (Lipinski definition) is 3. The smallest absolute Gasteiger partial charge is 0.323 e. The number of hydrogen-bond donors (Lipinski definition) is 2. The molecule has 1 atom stereocenters. The average Bonchev–Trinajstić information content (AvgIpc) is 2.44. The molecular formula is C13H14ClN3O3. The van der Waals surface area contributed by atoms with E-state index < -0.39 is 23.8 Å². The van der Waals surface area contributed by atoms with E-state index in [9.17, 15) is 14.4 Å². The third kappa shape index (κ3) is 2.91. The van der Waals surface area contributed by atoms with Crippen molar-refractivity contribution < 1.29 is 14.4 Å². The number of urea groups is 1. The molecule has 2 rings (SSSR count). The minimum absolute atomic E-state index is 0.0103. The standard InChI is InChI=1S/C13H14ClN3O3/c1-17-12(19)9(7-16-13(17)20)11(18)15-6-8-4-2-3-5-10(8)14/h2-5,9H,6-7H2,1H3,(H,15,18)(H,16,20). The summed E-state index contributed by atoms with van der Waals surface area (Å²) in [6.07, 6.45) is 0. The maximum Gasteiger partial charge on any atom is 0.323 e. The molecule has 4 amide bonds. The fourth-order valence-electron chi connectivity index (χ4n) is 1.88. The molecule has 1 aromatic carbocycles. The van der Waals surface area contributed by atoms with Gasteiger partial charge in [0.25, 0.3) is 0 Å². The molecule has 0 aliphatic carbocycles. The van der Waals surface area contributed by atoms with E-state index in [0.717, 1.165) is 10.5 Å². The van der Waals surface area contributed by atoms with Gasteiger partial charge in [0, 0.05) is 25.2 Å². The SMILES string of the molecule is CN1C(=O)NCC(C(=O)NCc2ccccc2Cl)C1=O. The first-order valence-electron chi connectivity index (χ1n) is 6.07. The second-order valence-electron chi connectivity index (χ2n) is 4.45. The number of carbonyl (C=O) groups is 3. The zero-order chi connectivity index (χ0) is 14.7. The number of halogens is 1. The molecule has 1 aromatic rings. The van der Waals surface area contributed by atoms with Crippen LogP contribution in [0.15, 0.2) is 24.3 Å². The van der Waals surface area contributed by atoms with Gasteiger partial charge in [-0.05, 0) is 11.6 Å². The second kappa shape index (κ2) is 5.92. The van der Waals surface area contributed by atoms with Crippen LogP contribution in [0, 0.1) is 5.92 Å². The maximum atomic E-state index is 12.0. The zero-order valence-electron chi connectivity index (χ0n) is 10.9. The van der Waals surface area contributed by atoms with E-state index in [1.807, 2.05) is 6.07 Å². The molecule has 1 saturated heterocycles. The number of nitrogens with one attached hydrogen (secondary N) is 2. The number of rotatable bonds is 3. The largest absolute Gasteiger partial charge is 0.351 e. The van der Waals surface area contributed by atoms with Gasteiger partial charge in [0.05, 0.1) is 0 Å². The lowest BCUT2D eigenvalue weighted by Gasteiger charge is -2.27. The number of carbonyl (C=O) groups excluding carboxylic acids is 3. The molecule has 0 spiro atoms. The molecule has 2 N–H and O–H groups in total. The van der Waals surface area contributed by atoms with Crippen molar-refractivity contribution in [3.63, 3.8) is 0 Å². The molecule has 1 fully saturated rings. The van der Waals surface area contributed by atoms with Crippen molar-refractivity contribution in [2.24, 2.45) is 5.92 Å². The van der Waals surface area contributed by atoms with E-state index in [2.05, 4.69) is 10.6 Å². The number of benzene rings is 1. The minimum atomic E-state index is -0.903. The summed E-state index contributed by atoms with van der Waals surface area (Å²) in [5, 5.41) is 5.68. The van der Waals surface area contributed by atoms with Crippen LogP contribution in [0.4, 0.5) is 4.79 Å². The molecule has 1 heterocycles. The van der Waals surface area contributed by atoms with E-state index in [1.165, 1.54) is 7.05 Å². The van der Waals surface area contributed by atoms with Gasteiger partial charge in [-0.15, -0.1) is 0 Å². The van der Waals surface area contributed by atoms with Crippen molar-refractivity contribution in [3.05, 3.63) is 34.9 Å². The summed E-state index contributed by atoms with van der Waals surface area (Å²) < 4.78 is 0. The lowest BCUT2D eigenvalue weighted by Crippen LogP contribution is -2.56. The highest BCUT2D eigenvalue weighted by atomic mass is 35.5. The quantitative estimate of drug-likeness (QED) is 0.808. The van der Waals surface area contributed by atoms with Crippen molar-refractivity contribution >= 4 is 29.4 Å². The first kappa shape index (κ1) is 14.3. The third-order valence-corrected chi connectivity index (χ3v) is 3.49. The maximum absolute atomic E-state index is 12.0. The first-order valence-corrected chi connectivity index (χ1v) is 6.45. The Morgan fingerprint density at radius 1 is 1.45 bits per heavy atom. The van der Waals surface area contributed by atoms with Crippen LogP contribution in [0.25, 0.3) is 0 Å². The number of amides is 4. The Morgan fingerprint density at radius 2 is 2.15 bits per heavy atom. The van der Waals surface area contributed by atoms with Gasteiger partial charge < -0.3 is 10.6 Å². The van der Waals surface area contributed by atoms with E-state index >= 15 is 0 Å². The Morgan fingerprint density at radius 3 is 2.85 bits per heavy atom. The Labute approximate surface area is 121 Å². The topological polar surface area (TPSA) is 78.5 Å². The third-order valence-electron chi connectivity index (χ3n) is 3.12. The van der Waals surface area contributed by atoms with Gasteiger partial charge in [-0.2, -0.15) is 0 Å². The summed E-state index contributed by atoms with van der Waals surface area (Å²) >= 11 is 5.98. The highest BCUT2D eigenvalue weighted by Gasteiger charge is 2.36. The van der Waals surface area contributed by atoms with Crippen LogP contribution in [0.5, 0.6) is 0 Å². The first-order chi connectivity index (χ1) is 9.50. The van der Waals surface area contributed by atoms with Crippen molar-refractivity contribution in [2.45, 2.75) is 6.54 Å². The summed E-state index contributed by atoms with van der Waals surface area (Å²) in [7, 11) is 1.34. The average molecular weight is 296 g/mol. The van der Waals surface area contributed by atoms with Gasteiger partial charge in [-0.1, -0.05) is 29.8 Å². The van der Waals surface area contributed by atoms with Crippen molar-refractivity contribution in [3.8, 4) is 0 Å².